The van der Waals surface area contributed by atoms with Crippen molar-refractivity contribution in [2.75, 3.05) is 9.80 Å². The smallest absolute Gasteiger partial charge is 0.343 e. The maximum Gasteiger partial charge on any atom is 0.343 e. The summed E-state index contributed by atoms with van der Waals surface area (Å²) in [5, 5.41) is 2.27. The fraction of sp³-hybridized carbons (Fsp3) is 0.0294. The highest BCUT2D eigenvalue weighted by Gasteiger charge is 2.43. The molecular formula is C34H23BrN2O4. The summed E-state index contributed by atoms with van der Waals surface area (Å²) in [6.45, 7) is 0.373. The van der Waals surface area contributed by atoms with Crippen LogP contribution in [0.25, 0.3) is 16.8 Å². The summed E-state index contributed by atoms with van der Waals surface area (Å²) in [4.78, 5) is 42.7. The number of amides is 4. The van der Waals surface area contributed by atoms with Gasteiger partial charge in [-0.2, -0.15) is 0 Å². The Morgan fingerprint density at radius 2 is 1.24 bits per heavy atom. The molecule has 0 unspecified atom stereocenters. The first-order valence-electron chi connectivity index (χ1n) is 12.9. The molecule has 0 aromatic heterocycles. The Bertz CT molecular complexity index is 1750. The third-order valence-corrected chi connectivity index (χ3v) is 7.43. The van der Waals surface area contributed by atoms with Gasteiger partial charge in [-0.1, -0.05) is 84.9 Å². The van der Waals surface area contributed by atoms with Crippen molar-refractivity contribution in [3.8, 4) is 5.75 Å². The molecule has 41 heavy (non-hydrogen) atoms. The maximum atomic E-state index is 13.6. The maximum absolute atomic E-state index is 13.6. The van der Waals surface area contributed by atoms with Crippen molar-refractivity contribution in [3.05, 3.63) is 143 Å². The number of fused-ring (bicyclic) bond motifs is 1. The van der Waals surface area contributed by atoms with E-state index in [0.29, 0.717) is 33.8 Å². The lowest BCUT2D eigenvalue weighted by Crippen LogP contribution is -2.57. The van der Waals surface area contributed by atoms with Crippen molar-refractivity contribution >= 4 is 62.0 Å². The second-order valence-electron chi connectivity index (χ2n) is 9.41. The number of benzene rings is 5. The lowest BCUT2D eigenvalue weighted by atomic mass is 10.0. The topological polar surface area (TPSA) is 66.9 Å². The average Bonchev–Trinajstić information content (AvgIpc) is 3.00. The molecule has 6 nitrogen and oxygen atoms in total. The van der Waals surface area contributed by atoms with Crippen molar-refractivity contribution in [2.45, 2.75) is 6.61 Å². The zero-order chi connectivity index (χ0) is 28.3. The first-order chi connectivity index (χ1) is 20.0. The molecule has 7 heteroatoms. The van der Waals surface area contributed by atoms with Gasteiger partial charge in [0.1, 0.15) is 17.9 Å². The largest absolute Gasteiger partial charge is 0.488 e. The normalized spacial score (nSPS) is 13.6. The van der Waals surface area contributed by atoms with Crippen molar-refractivity contribution in [1.82, 2.24) is 0 Å². The Labute approximate surface area is 245 Å². The number of nitrogens with zero attached hydrogens (tertiary/aromatic N) is 2. The predicted octanol–water partition coefficient (Wildman–Crippen LogP) is 7.76. The third kappa shape index (κ3) is 5.15. The molecule has 1 saturated heterocycles. The van der Waals surface area contributed by atoms with Gasteiger partial charge in [-0.05, 0) is 80.3 Å². The summed E-state index contributed by atoms with van der Waals surface area (Å²) in [6.07, 6.45) is 1.50. The monoisotopic (exact) mass is 602 g/mol. The summed E-state index contributed by atoms with van der Waals surface area (Å²) in [5.41, 5.74) is 2.28. The van der Waals surface area contributed by atoms with Gasteiger partial charge in [0.25, 0.3) is 11.8 Å². The molecule has 0 aliphatic carbocycles. The van der Waals surface area contributed by atoms with Crippen LogP contribution < -0.4 is 14.5 Å². The van der Waals surface area contributed by atoms with Crippen LogP contribution in [0.1, 0.15) is 11.1 Å². The molecule has 0 N–H and O–H groups in total. The second kappa shape index (κ2) is 11.2. The first kappa shape index (κ1) is 26.2. The van der Waals surface area contributed by atoms with E-state index in [1.807, 2.05) is 24.3 Å². The molecule has 5 aromatic carbocycles. The fourth-order valence-electron chi connectivity index (χ4n) is 4.80. The highest BCUT2D eigenvalue weighted by Crippen LogP contribution is 2.32. The Hall–Kier alpha value is -5.01. The molecule has 0 bridgehead atoms. The van der Waals surface area contributed by atoms with Crippen molar-refractivity contribution < 1.29 is 19.1 Å². The molecule has 4 amide bonds. The number of carbonyl (C=O) groups is 3. The van der Waals surface area contributed by atoms with Crippen LogP contribution in [0.3, 0.4) is 0 Å². The van der Waals surface area contributed by atoms with Crippen LogP contribution in [0.15, 0.2) is 131 Å². The van der Waals surface area contributed by atoms with E-state index in [1.54, 1.807) is 78.9 Å². The molecule has 6 rings (SSSR count). The van der Waals surface area contributed by atoms with E-state index in [9.17, 15) is 14.4 Å². The van der Waals surface area contributed by atoms with E-state index in [4.69, 9.17) is 4.74 Å². The van der Waals surface area contributed by atoms with Gasteiger partial charge in [0.15, 0.2) is 0 Å². The fourth-order valence-corrected chi connectivity index (χ4v) is 5.31. The minimum atomic E-state index is -0.729. The van der Waals surface area contributed by atoms with Crippen LogP contribution in [0.4, 0.5) is 16.2 Å². The summed E-state index contributed by atoms with van der Waals surface area (Å²) in [6, 6.07) is 36.0. The van der Waals surface area contributed by atoms with Gasteiger partial charge >= 0.3 is 6.03 Å². The number of ether oxygens (including phenoxy) is 1. The van der Waals surface area contributed by atoms with Crippen LogP contribution in [0.5, 0.6) is 5.75 Å². The van der Waals surface area contributed by atoms with Crippen molar-refractivity contribution in [1.29, 1.82) is 0 Å². The van der Waals surface area contributed by atoms with Gasteiger partial charge in [-0.25, -0.2) is 14.6 Å². The predicted molar refractivity (Wildman–Crippen MR) is 164 cm³/mol. The quantitative estimate of drug-likeness (QED) is 0.147. The number of barbiturate groups is 1. The van der Waals surface area contributed by atoms with Crippen LogP contribution in [0, 0.1) is 0 Å². The molecular weight excluding hydrogens is 580 g/mol. The molecule has 0 atom stereocenters. The lowest BCUT2D eigenvalue weighted by Gasteiger charge is -2.33. The van der Waals surface area contributed by atoms with Crippen molar-refractivity contribution in [2.24, 2.45) is 0 Å². The van der Waals surface area contributed by atoms with E-state index in [-0.39, 0.29) is 5.57 Å². The number of rotatable bonds is 6. The minimum Gasteiger partial charge on any atom is -0.488 e. The summed E-state index contributed by atoms with van der Waals surface area (Å²) in [5.74, 6) is -0.759. The lowest BCUT2D eigenvalue weighted by molar-refractivity contribution is -0.121. The third-order valence-electron chi connectivity index (χ3n) is 6.81. The van der Waals surface area contributed by atoms with E-state index < -0.39 is 17.8 Å². The van der Waals surface area contributed by atoms with E-state index in [0.717, 1.165) is 26.1 Å². The summed E-state index contributed by atoms with van der Waals surface area (Å²) >= 11 is 3.57. The van der Waals surface area contributed by atoms with Crippen molar-refractivity contribution in [3.63, 3.8) is 0 Å². The number of carbonyl (C=O) groups excluding carboxylic acids is 3. The number of hydrogen-bond acceptors (Lipinski definition) is 4. The van der Waals surface area contributed by atoms with Gasteiger partial charge in [0.2, 0.25) is 0 Å². The van der Waals surface area contributed by atoms with Crippen LogP contribution >= 0.6 is 15.9 Å². The summed E-state index contributed by atoms with van der Waals surface area (Å²) in [7, 11) is 0. The molecule has 5 aromatic rings. The van der Waals surface area contributed by atoms with E-state index in [2.05, 4.69) is 34.1 Å². The highest BCUT2D eigenvalue weighted by atomic mass is 79.9. The zero-order valence-electron chi connectivity index (χ0n) is 21.7. The number of anilines is 2. The molecule has 1 aliphatic rings. The van der Waals surface area contributed by atoms with Gasteiger partial charge in [-0.3, -0.25) is 9.59 Å². The van der Waals surface area contributed by atoms with E-state index in [1.165, 1.54) is 6.08 Å². The summed E-state index contributed by atoms with van der Waals surface area (Å²) < 4.78 is 6.78. The SMILES string of the molecule is O=C1C(=Cc2ccc(OCc3cccc4ccccc34)c(Br)c2)C(=O)N(c2ccccc2)C(=O)N1c1ccccc1. The highest BCUT2D eigenvalue weighted by molar-refractivity contribution is 9.10. The number of urea groups is 1. The van der Waals surface area contributed by atoms with Crippen LogP contribution in [0.2, 0.25) is 0 Å². The number of halogens is 1. The van der Waals surface area contributed by atoms with Crippen LogP contribution in [-0.4, -0.2) is 17.8 Å². The first-order valence-corrected chi connectivity index (χ1v) is 13.7. The number of imide groups is 2. The Morgan fingerprint density at radius 3 is 1.88 bits per heavy atom. The molecule has 200 valence electrons. The Morgan fingerprint density at radius 1 is 0.659 bits per heavy atom. The minimum absolute atomic E-state index is 0.131. The number of para-hydroxylation sites is 2. The van der Waals surface area contributed by atoms with Crippen LogP contribution in [-0.2, 0) is 16.2 Å². The molecule has 1 fully saturated rings. The Kier molecular flexibility index (Phi) is 7.18. The van der Waals surface area contributed by atoms with Gasteiger partial charge in [0, 0.05) is 0 Å². The van der Waals surface area contributed by atoms with Gasteiger partial charge in [-0.15, -0.1) is 0 Å². The molecule has 0 spiro atoms. The van der Waals surface area contributed by atoms with E-state index >= 15 is 0 Å². The second-order valence-corrected chi connectivity index (χ2v) is 10.3. The molecule has 1 aliphatic heterocycles. The standard InChI is InChI=1S/C34H23BrN2O4/c35-30-21-23(18-19-31(30)41-22-25-12-9-11-24-10-7-8-17-28(24)25)20-29-32(38)36(26-13-3-1-4-14-26)34(40)37(33(29)39)27-15-5-2-6-16-27/h1-21H,22H2. The number of hydrogen-bond donors (Lipinski definition) is 0. The zero-order valence-corrected chi connectivity index (χ0v) is 23.3. The molecule has 1 heterocycles. The average molecular weight is 603 g/mol. The van der Waals surface area contributed by atoms with Gasteiger partial charge in [0.05, 0.1) is 15.8 Å². The van der Waals surface area contributed by atoms with Gasteiger partial charge < -0.3 is 4.74 Å². The molecule has 0 radical (unpaired) electrons. The Balaban J connectivity index is 1.32. The molecule has 0 saturated carbocycles.